The first-order valence-corrected chi connectivity index (χ1v) is 11.9. The van der Waals surface area contributed by atoms with E-state index in [1.807, 2.05) is 0 Å². The number of anilines is 2. The number of carbonyl (C=O) groups is 3. The number of halogens is 1. The number of aliphatic hydroxyl groups excluding tert-OH is 1. The number of methoxy groups -OCH3 is 1. The van der Waals surface area contributed by atoms with E-state index in [0.717, 1.165) is 0 Å². The first-order chi connectivity index (χ1) is 17.8. The predicted molar refractivity (Wildman–Crippen MR) is 141 cm³/mol. The molecule has 190 valence electrons. The minimum atomic E-state index is -1.02. The van der Waals surface area contributed by atoms with Crippen LogP contribution in [0.3, 0.4) is 0 Å². The van der Waals surface area contributed by atoms with Crippen LogP contribution in [0.25, 0.3) is 5.76 Å². The van der Waals surface area contributed by atoms with Gasteiger partial charge in [0, 0.05) is 29.4 Å². The van der Waals surface area contributed by atoms with Gasteiger partial charge < -0.3 is 19.9 Å². The molecule has 8 nitrogen and oxygen atoms in total. The van der Waals surface area contributed by atoms with Crippen molar-refractivity contribution in [1.29, 1.82) is 0 Å². The molecule has 1 fully saturated rings. The number of aliphatic hydroxyl groups is 1. The average Bonchev–Trinajstić information content (AvgIpc) is 3.14. The molecule has 2 N–H and O–H groups in total. The summed E-state index contributed by atoms with van der Waals surface area (Å²) in [6.07, 6.45) is 0. The van der Waals surface area contributed by atoms with Crippen molar-refractivity contribution in [2.45, 2.75) is 19.9 Å². The maximum atomic E-state index is 13.5. The van der Waals surface area contributed by atoms with Crippen molar-refractivity contribution >= 4 is 46.3 Å². The van der Waals surface area contributed by atoms with Gasteiger partial charge in [0.25, 0.3) is 11.7 Å². The number of hydrogen-bond donors (Lipinski definition) is 2. The Hall–Kier alpha value is -4.30. The highest BCUT2D eigenvalue weighted by Gasteiger charge is 2.48. The highest BCUT2D eigenvalue weighted by Crippen LogP contribution is 2.45. The van der Waals surface area contributed by atoms with Gasteiger partial charge in [0.05, 0.1) is 30.4 Å². The lowest BCUT2D eigenvalue weighted by atomic mass is 9.94. The Morgan fingerprint density at radius 1 is 1.05 bits per heavy atom. The molecule has 3 aromatic rings. The molecule has 0 spiro atoms. The Balaban J connectivity index is 1.95. The number of Topliss-reactive ketones (excluding diaryl/α,β-unsaturated/α-hetero) is 1. The summed E-state index contributed by atoms with van der Waals surface area (Å²) in [5, 5.41) is 14.4. The van der Waals surface area contributed by atoms with Crippen molar-refractivity contribution in [3.8, 4) is 11.5 Å². The van der Waals surface area contributed by atoms with Gasteiger partial charge in [-0.15, -0.1) is 0 Å². The summed E-state index contributed by atoms with van der Waals surface area (Å²) in [6.45, 7) is 3.52. The fraction of sp³-hybridized carbons (Fsp3) is 0.179. The van der Waals surface area contributed by atoms with E-state index in [1.165, 1.54) is 25.0 Å². The summed E-state index contributed by atoms with van der Waals surface area (Å²) in [6, 6.07) is 17.1. The van der Waals surface area contributed by atoms with Crippen LogP contribution in [0.5, 0.6) is 11.5 Å². The minimum Gasteiger partial charge on any atom is -0.507 e. The zero-order valence-corrected chi connectivity index (χ0v) is 21.2. The lowest BCUT2D eigenvalue weighted by Crippen LogP contribution is -2.29. The van der Waals surface area contributed by atoms with Gasteiger partial charge in [0.2, 0.25) is 5.91 Å². The van der Waals surface area contributed by atoms with Crippen molar-refractivity contribution < 1.29 is 29.0 Å². The Morgan fingerprint density at radius 3 is 2.51 bits per heavy atom. The highest BCUT2D eigenvalue weighted by atomic mass is 35.5. The molecule has 1 saturated heterocycles. The molecule has 1 heterocycles. The van der Waals surface area contributed by atoms with Gasteiger partial charge in [-0.3, -0.25) is 19.3 Å². The van der Waals surface area contributed by atoms with Gasteiger partial charge in [-0.1, -0.05) is 35.9 Å². The molecule has 3 aromatic carbocycles. The van der Waals surface area contributed by atoms with E-state index in [-0.39, 0.29) is 22.8 Å². The van der Waals surface area contributed by atoms with Crippen molar-refractivity contribution in [2.75, 3.05) is 23.9 Å². The highest BCUT2D eigenvalue weighted by molar-refractivity contribution is 6.51. The van der Waals surface area contributed by atoms with Gasteiger partial charge in [-0.2, -0.15) is 0 Å². The number of amides is 2. The standard InChI is InChI=1S/C28H25ClN2O6/c1-4-37-23-14-17(12-13-21(23)29)26(33)24-25(20-10-5-6-11-22(20)36-3)31(28(35)27(24)34)19-9-7-8-18(15-19)30-16(2)32/h5-15,25,33H,4H2,1-3H3,(H,30,32)/b26-24+. The van der Waals surface area contributed by atoms with E-state index in [0.29, 0.717) is 40.1 Å². The van der Waals surface area contributed by atoms with Gasteiger partial charge >= 0.3 is 0 Å². The second-order valence-corrected chi connectivity index (χ2v) is 8.63. The minimum absolute atomic E-state index is 0.121. The van der Waals surface area contributed by atoms with Crippen LogP contribution in [-0.2, 0) is 14.4 Å². The van der Waals surface area contributed by atoms with Crippen molar-refractivity contribution in [3.05, 3.63) is 88.5 Å². The van der Waals surface area contributed by atoms with Gasteiger partial charge in [-0.25, -0.2) is 0 Å². The zero-order valence-electron chi connectivity index (χ0n) is 20.4. The molecule has 37 heavy (non-hydrogen) atoms. The lowest BCUT2D eigenvalue weighted by Gasteiger charge is -2.27. The number of nitrogens with one attached hydrogen (secondary N) is 1. The first-order valence-electron chi connectivity index (χ1n) is 11.5. The van der Waals surface area contributed by atoms with Gasteiger partial charge in [-0.05, 0) is 49.4 Å². The van der Waals surface area contributed by atoms with Crippen LogP contribution in [0, 0.1) is 0 Å². The Kier molecular flexibility index (Phi) is 7.50. The second-order valence-electron chi connectivity index (χ2n) is 8.22. The molecule has 2 amide bonds. The predicted octanol–water partition coefficient (Wildman–Crippen LogP) is 5.33. The molecule has 0 aliphatic carbocycles. The molecule has 0 saturated carbocycles. The summed E-state index contributed by atoms with van der Waals surface area (Å²) in [5.41, 5.74) is 1.44. The molecule has 0 bridgehead atoms. The van der Waals surface area contributed by atoms with Crippen LogP contribution >= 0.6 is 11.6 Å². The van der Waals surface area contributed by atoms with E-state index < -0.39 is 17.7 Å². The molecule has 0 aromatic heterocycles. The molecular formula is C28H25ClN2O6. The van der Waals surface area contributed by atoms with Crippen molar-refractivity contribution in [2.24, 2.45) is 0 Å². The summed E-state index contributed by atoms with van der Waals surface area (Å²) in [4.78, 5) is 39.8. The van der Waals surface area contributed by atoms with Crippen LogP contribution in [0.15, 0.2) is 72.3 Å². The third-order valence-electron chi connectivity index (χ3n) is 5.83. The number of ketones is 1. The van der Waals surface area contributed by atoms with Crippen LogP contribution in [0.4, 0.5) is 11.4 Å². The second kappa shape index (κ2) is 10.8. The Labute approximate surface area is 219 Å². The van der Waals surface area contributed by atoms with Crippen molar-refractivity contribution in [1.82, 2.24) is 0 Å². The fourth-order valence-corrected chi connectivity index (χ4v) is 4.47. The fourth-order valence-electron chi connectivity index (χ4n) is 4.29. The first kappa shape index (κ1) is 25.8. The third kappa shape index (κ3) is 5.01. The number of rotatable bonds is 7. The SMILES string of the molecule is CCOc1cc(/C(O)=C2\C(=O)C(=O)N(c3cccc(NC(C)=O)c3)C2c2ccccc2OC)ccc1Cl. The Morgan fingerprint density at radius 2 is 1.81 bits per heavy atom. The van der Waals surface area contributed by atoms with E-state index in [4.69, 9.17) is 21.1 Å². The number of benzene rings is 3. The Bertz CT molecular complexity index is 1420. The monoisotopic (exact) mass is 520 g/mol. The molecule has 9 heteroatoms. The number of hydrogen-bond acceptors (Lipinski definition) is 6. The lowest BCUT2D eigenvalue weighted by molar-refractivity contribution is -0.132. The van der Waals surface area contributed by atoms with E-state index in [9.17, 15) is 19.5 Å². The number of ether oxygens (including phenoxy) is 2. The molecule has 0 radical (unpaired) electrons. The van der Waals surface area contributed by atoms with Crippen LogP contribution in [-0.4, -0.2) is 36.4 Å². The van der Waals surface area contributed by atoms with Gasteiger partial charge in [0.1, 0.15) is 17.3 Å². The maximum absolute atomic E-state index is 13.5. The number of carbonyl (C=O) groups excluding carboxylic acids is 3. The molecule has 1 atom stereocenters. The van der Waals surface area contributed by atoms with E-state index >= 15 is 0 Å². The van der Waals surface area contributed by atoms with E-state index in [2.05, 4.69) is 5.32 Å². The van der Waals surface area contributed by atoms with Gasteiger partial charge in [0.15, 0.2) is 0 Å². The third-order valence-corrected chi connectivity index (χ3v) is 6.14. The molecular weight excluding hydrogens is 496 g/mol. The van der Waals surface area contributed by atoms with Crippen LogP contribution < -0.4 is 19.7 Å². The topological polar surface area (TPSA) is 105 Å². The largest absolute Gasteiger partial charge is 0.507 e. The molecule has 1 unspecified atom stereocenters. The van der Waals surface area contributed by atoms with Crippen molar-refractivity contribution in [3.63, 3.8) is 0 Å². The summed E-state index contributed by atoms with van der Waals surface area (Å²) in [7, 11) is 1.48. The zero-order chi connectivity index (χ0) is 26.7. The molecule has 1 aliphatic heterocycles. The molecule has 4 rings (SSSR count). The van der Waals surface area contributed by atoms with E-state index in [1.54, 1.807) is 67.6 Å². The quantitative estimate of drug-likeness (QED) is 0.248. The molecule has 1 aliphatic rings. The summed E-state index contributed by atoms with van der Waals surface area (Å²) in [5.74, 6) is -1.61. The van der Waals surface area contributed by atoms with Crippen LogP contribution in [0.2, 0.25) is 5.02 Å². The summed E-state index contributed by atoms with van der Waals surface area (Å²) < 4.78 is 11.1. The average molecular weight is 521 g/mol. The maximum Gasteiger partial charge on any atom is 0.300 e. The number of para-hydroxylation sites is 1. The smallest absolute Gasteiger partial charge is 0.300 e. The van der Waals surface area contributed by atoms with Crippen LogP contribution in [0.1, 0.15) is 31.0 Å². The summed E-state index contributed by atoms with van der Waals surface area (Å²) >= 11 is 6.21. The number of nitrogens with zero attached hydrogens (tertiary/aromatic N) is 1. The normalized spacial score (nSPS) is 16.5.